The third-order valence-electron chi connectivity index (χ3n) is 4.30. The topological polar surface area (TPSA) is 52.6 Å². The number of nitrogens with zero attached hydrogens (tertiary/aromatic N) is 1. The van der Waals surface area contributed by atoms with E-state index >= 15 is 0 Å². The molecule has 2 fully saturated rings. The van der Waals surface area contributed by atoms with Crippen molar-refractivity contribution in [1.82, 2.24) is 10.2 Å². The lowest BCUT2D eigenvalue weighted by Crippen LogP contribution is -2.60. The third kappa shape index (κ3) is 2.91. The molecule has 5 heteroatoms. The fraction of sp³-hybridized carbons (Fsp3) is 0.923. The zero-order valence-corrected chi connectivity index (χ0v) is 12.3. The Hall–Kier alpha value is -0.480. The standard InChI is InChI=1S/C13H24N2O2.ClH/c1-12(2,3)15(11(16)17)10-8-13(9-10)4-6-14-7-5-13;/h10,14H,4-9H2,1-3H3,(H,16,17);1H. The number of hydrogen-bond acceptors (Lipinski definition) is 2. The van der Waals surface area contributed by atoms with Crippen LogP contribution in [0, 0.1) is 5.41 Å². The zero-order valence-electron chi connectivity index (χ0n) is 11.5. The molecule has 1 amide bonds. The van der Waals surface area contributed by atoms with Crippen molar-refractivity contribution in [1.29, 1.82) is 0 Å². The van der Waals surface area contributed by atoms with Crippen LogP contribution < -0.4 is 5.32 Å². The molecule has 0 bridgehead atoms. The highest BCUT2D eigenvalue weighted by Gasteiger charge is 2.50. The SMILES string of the molecule is CC(C)(C)N(C(=O)O)C1CC2(CCNCC2)C1.Cl. The first kappa shape index (κ1) is 15.6. The first-order chi connectivity index (χ1) is 7.84. The molecular weight excluding hydrogens is 252 g/mol. The van der Waals surface area contributed by atoms with E-state index in [1.807, 2.05) is 20.8 Å². The van der Waals surface area contributed by atoms with E-state index in [1.165, 1.54) is 12.8 Å². The minimum Gasteiger partial charge on any atom is -0.465 e. The van der Waals surface area contributed by atoms with E-state index in [1.54, 1.807) is 4.90 Å². The van der Waals surface area contributed by atoms with Gasteiger partial charge in [0.15, 0.2) is 0 Å². The van der Waals surface area contributed by atoms with Gasteiger partial charge in [-0.05, 0) is 65.0 Å². The largest absolute Gasteiger partial charge is 0.465 e. The molecule has 0 atom stereocenters. The average molecular weight is 277 g/mol. The highest BCUT2D eigenvalue weighted by atomic mass is 35.5. The third-order valence-corrected chi connectivity index (χ3v) is 4.30. The molecule has 1 saturated heterocycles. The fourth-order valence-corrected chi connectivity index (χ4v) is 3.48. The number of piperidine rings is 1. The van der Waals surface area contributed by atoms with Crippen LogP contribution in [0.3, 0.4) is 0 Å². The first-order valence-electron chi connectivity index (χ1n) is 6.57. The van der Waals surface area contributed by atoms with E-state index in [2.05, 4.69) is 5.32 Å². The van der Waals surface area contributed by atoms with Gasteiger partial charge in [0.25, 0.3) is 0 Å². The molecule has 0 unspecified atom stereocenters. The predicted molar refractivity (Wildman–Crippen MR) is 74.4 cm³/mol. The van der Waals surface area contributed by atoms with Crippen LogP contribution in [0.1, 0.15) is 46.5 Å². The van der Waals surface area contributed by atoms with E-state index in [9.17, 15) is 9.90 Å². The second-order valence-corrected chi connectivity index (χ2v) is 6.64. The fourth-order valence-electron chi connectivity index (χ4n) is 3.48. The van der Waals surface area contributed by atoms with Crippen molar-refractivity contribution in [3.8, 4) is 0 Å². The summed E-state index contributed by atoms with van der Waals surface area (Å²) in [5, 5.41) is 12.7. The normalized spacial score (nSPS) is 23.1. The van der Waals surface area contributed by atoms with Gasteiger partial charge in [-0.2, -0.15) is 0 Å². The van der Waals surface area contributed by atoms with Gasteiger partial charge in [-0.3, -0.25) is 0 Å². The van der Waals surface area contributed by atoms with Gasteiger partial charge < -0.3 is 15.3 Å². The van der Waals surface area contributed by atoms with Crippen molar-refractivity contribution in [3.63, 3.8) is 0 Å². The number of carboxylic acid groups (broad SMARTS) is 1. The molecule has 2 N–H and O–H groups in total. The van der Waals surface area contributed by atoms with Crippen molar-refractivity contribution in [3.05, 3.63) is 0 Å². The summed E-state index contributed by atoms with van der Waals surface area (Å²) in [6.07, 6.45) is 3.75. The van der Waals surface area contributed by atoms with Gasteiger partial charge in [-0.15, -0.1) is 12.4 Å². The summed E-state index contributed by atoms with van der Waals surface area (Å²) in [7, 11) is 0. The van der Waals surface area contributed by atoms with Gasteiger partial charge >= 0.3 is 6.09 Å². The maximum atomic E-state index is 11.4. The van der Waals surface area contributed by atoms with Crippen LogP contribution >= 0.6 is 12.4 Å². The Morgan fingerprint density at radius 2 is 1.78 bits per heavy atom. The summed E-state index contributed by atoms with van der Waals surface area (Å²) in [5.74, 6) is 0. The molecule has 2 rings (SSSR count). The zero-order chi connectivity index (χ0) is 12.7. The Morgan fingerprint density at radius 3 is 2.17 bits per heavy atom. The second-order valence-electron chi connectivity index (χ2n) is 6.64. The van der Waals surface area contributed by atoms with Crippen molar-refractivity contribution in [2.24, 2.45) is 5.41 Å². The molecule has 1 aliphatic carbocycles. The molecule has 0 aromatic rings. The molecule has 1 heterocycles. The number of rotatable bonds is 1. The van der Waals surface area contributed by atoms with Gasteiger partial charge in [-0.25, -0.2) is 4.79 Å². The summed E-state index contributed by atoms with van der Waals surface area (Å²) in [4.78, 5) is 13.0. The lowest BCUT2D eigenvalue weighted by Gasteiger charge is -2.55. The molecule has 1 spiro atoms. The molecule has 1 aliphatic heterocycles. The summed E-state index contributed by atoms with van der Waals surface area (Å²) in [5.41, 5.74) is 0.153. The molecule has 0 radical (unpaired) electrons. The van der Waals surface area contributed by atoms with Crippen molar-refractivity contribution in [2.45, 2.75) is 58.0 Å². The Labute approximate surface area is 116 Å². The van der Waals surface area contributed by atoms with Crippen LogP contribution in [-0.2, 0) is 0 Å². The molecular formula is C13H25ClN2O2. The molecule has 0 aromatic carbocycles. The Balaban J connectivity index is 0.00000162. The quantitative estimate of drug-likeness (QED) is 0.774. The number of hydrogen-bond donors (Lipinski definition) is 2. The monoisotopic (exact) mass is 276 g/mol. The molecule has 2 aliphatic rings. The van der Waals surface area contributed by atoms with Gasteiger partial charge in [0.1, 0.15) is 0 Å². The van der Waals surface area contributed by atoms with E-state index in [0.29, 0.717) is 5.41 Å². The van der Waals surface area contributed by atoms with Gasteiger partial charge in [0.2, 0.25) is 0 Å². The maximum Gasteiger partial charge on any atom is 0.407 e. The van der Waals surface area contributed by atoms with Crippen LogP contribution in [0.4, 0.5) is 4.79 Å². The van der Waals surface area contributed by atoms with E-state index in [0.717, 1.165) is 25.9 Å². The number of nitrogens with one attached hydrogen (secondary N) is 1. The smallest absolute Gasteiger partial charge is 0.407 e. The number of amides is 1. The van der Waals surface area contributed by atoms with E-state index in [-0.39, 0.29) is 24.0 Å². The number of carbonyl (C=O) groups is 1. The van der Waals surface area contributed by atoms with Gasteiger partial charge in [0, 0.05) is 11.6 Å². The Bertz CT molecular complexity index is 301. The first-order valence-corrected chi connectivity index (χ1v) is 6.57. The van der Waals surface area contributed by atoms with Crippen molar-refractivity contribution < 1.29 is 9.90 Å². The maximum absolute atomic E-state index is 11.4. The summed E-state index contributed by atoms with van der Waals surface area (Å²) >= 11 is 0. The minimum absolute atomic E-state index is 0. The minimum atomic E-state index is -0.772. The average Bonchev–Trinajstić information content (AvgIpc) is 2.14. The van der Waals surface area contributed by atoms with Crippen molar-refractivity contribution >= 4 is 18.5 Å². The van der Waals surface area contributed by atoms with Gasteiger partial charge in [0.05, 0.1) is 0 Å². The Kier molecular flexibility index (Phi) is 4.55. The van der Waals surface area contributed by atoms with E-state index < -0.39 is 6.09 Å². The van der Waals surface area contributed by atoms with Crippen LogP contribution in [-0.4, -0.2) is 40.8 Å². The molecule has 18 heavy (non-hydrogen) atoms. The Morgan fingerprint density at radius 1 is 1.28 bits per heavy atom. The molecule has 1 saturated carbocycles. The summed E-state index contributed by atoms with van der Waals surface area (Å²) < 4.78 is 0. The summed E-state index contributed by atoms with van der Waals surface area (Å²) in [6.45, 7) is 8.13. The second kappa shape index (κ2) is 5.25. The summed E-state index contributed by atoms with van der Waals surface area (Å²) in [6, 6.07) is 0.227. The van der Waals surface area contributed by atoms with Gasteiger partial charge in [-0.1, -0.05) is 0 Å². The van der Waals surface area contributed by atoms with Crippen molar-refractivity contribution in [2.75, 3.05) is 13.1 Å². The van der Waals surface area contributed by atoms with E-state index in [4.69, 9.17) is 0 Å². The predicted octanol–water partition coefficient (Wildman–Crippen LogP) is 2.72. The van der Waals surface area contributed by atoms with Crippen LogP contribution in [0.15, 0.2) is 0 Å². The lowest BCUT2D eigenvalue weighted by atomic mass is 9.60. The number of halogens is 1. The van der Waals surface area contributed by atoms with Crippen LogP contribution in [0.2, 0.25) is 0 Å². The lowest BCUT2D eigenvalue weighted by molar-refractivity contribution is -0.0433. The molecule has 4 nitrogen and oxygen atoms in total. The highest BCUT2D eigenvalue weighted by Crippen LogP contribution is 2.50. The molecule has 0 aromatic heterocycles. The highest BCUT2D eigenvalue weighted by molar-refractivity contribution is 5.85. The van der Waals surface area contributed by atoms with Crippen LogP contribution in [0.25, 0.3) is 0 Å². The van der Waals surface area contributed by atoms with Crippen LogP contribution in [0.5, 0.6) is 0 Å². The molecule has 106 valence electrons.